The van der Waals surface area contributed by atoms with E-state index in [0.717, 1.165) is 31.5 Å². The van der Waals surface area contributed by atoms with Crippen molar-refractivity contribution in [3.05, 3.63) is 34.3 Å². The molecule has 0 aliphatic heterocycles. The van der Waals surface area contributed by atoms with Crippen LogP contribution in [0.1, 0.15) is 47.6 Å². The molecule has 0 aliphatic carbocycles. The van der Waals surface area contributed by atoms with E-state index >= 15 is 0 Å². The molecule has 1 aromatic carbocycles. The van der Waals surface area contributed by atoms with Crippen molar-refractivity contribution < 1.29 is 19.4 Å². The van der Waals surface area contributed by atoms with Gasteiger partial charge in [0.15, 0.2) is 0 Å². The first-order valence-corrected chi connectivity index (χ1v) is 11.3. The Morgan fingerprint density at radius 2 is 2.06 bits per heavy atom. The molecule has 8 heteroatoms. The summed E-state index contributed by atoms with van der Waals surface area (Å²) in [5.41, 5.74) is 1.83. The number of esters is 1. The monoisotopic (exact) mass is 445 g/mol. The van der Waals surface area contributed by atoms with Crippen molar-refractivity contribution in [2.45, 2.75) is 33.6 Å². The van der Waals surface area contributed by atoms with Gasteiger partial charge in [0.2, 0.25) is 0 Å². The fourth-order valence-electron chi connectivity index (χ4n) is 2.86. The molecule has 0 unspecified atom stereocenters. The van der Waals surface area contributed by atoms with Crippen molar-refractivity contribution >= 4 is 17.3 Å². The zero-order valence-corrected chi connectivity index (χ0v) is 19.5. The number of aryl methyl sites for hydroxylation is 1. The fourth-order valence-corrected chi connectivity index (χ4v) is 3.82. The van der Waals surface area contributed by atoms with E-state index in [0.29, 0.717) is 46.0 Å². The highest BCUT2D eigenvalue weighted by atomic mass is 32.1. The highest BCUT2D eigenvalue weighted by Crippen LogP contribution is 2.31. The maximum absolute atomic E-state index is 12.5. The summed E-state index contributed by atoms with van der Waals surface area (Å²) in [5, 5.41) is 19.0. The Morgan fingerprint density at radius 1 is 1.32 bits per heavy atom. The molecular weight excluding hydrogens is 414 g/mol. The molecule has 1 heterocycles. The van der Waals surface area contributed by atoms with Gasteiger partial charge in [-0.1, -0.05) is 13.8 Å². The van der Waals surface area contributed by atoms with E-state index in [-0.39, 0.29) is 12.6 Å². The van der Waals surface area contributed by atoms with Crippen molar-refractivity contribution in [1.82, 2.24) is 9.88 Å². The molecule has 0 saturated carbocycles. The lowest BCUT2D eigenvalue weighted by Crippen LogP contribution is -2.23. The van der Waals surface area contributed by atoms with Gasteiger partial charge in [-0.25, -0.2) is 9.78 Å². The van der Waals surface area contributed by atoms with Crippen LogP contribution < -0.4 is 4.74 Å². The number of nitrogens with zero attached hydrogens (tertiary/aromatic N) is 3. The average molecular weight is 446 g/mol. The molecule has 1 aromatic heterocycles. The number of thiazole rings is 1. The van der Waals surface area contributed by atoms with Crippen molar-refractivity contribution in [2.75, 3.05) is 40.0 Å². The highest BCUT2D eigenvalue weighted by Gasteiger charge is 2.18. The molecule has 0 fully saturated rings. The number of rotatable bonds is 12. The molecular formula is C23H31N3O4S. The Labute approximate surface area is 188 Å². The van der Waals surface area contributed by atoms with Crippen molar-refractivity contribution in [3.8, 4) is 22.4 Å². The number of aliphatic hydroxyl groups excluding tert-OH is 1. The van der Waals surface area contributed by atoms with Crippen molar-refractivity contribution in [1.29, 1.82) is 5.26 Å². The summed E-state index contributed by atoms with van der Waals surface area (Å²) in [6.45, 7) is 8.54. The van der Waals surface area contributed by atoms with Gasteiger partial charge in [-0.2, -0.15) is 5.26 Å². The molecule has 0 atom stereocenters. The predicted molar refractivity (Wildman–Crippen MR) is 121 cm³/mol. The summed E-state index contributed by atoms with van der Waals surface area (Å²) < 4.78 is 11.1. The normalized spacial score (nSPS) is 11.0. The first kappa shape index (κ1) is 24.8. The molecule has 0 radical (unpaired) electrons. The van der Waals surface area contributed by atoms with Crippen LogP contribution in [-0.4, -0.2) is 60.9 Å². The summed E-state index contributed by atoms with van der Waals surface area (Å²) in [4.78, 5) is 19.6. The Kier molecular flexibility index (Phi) is 9.92. The van der Waals surface area contributed by atoms with Crippen LogP contribution in [0.3, 0.4) is 0 Å². The number of ether oxygens (including phenoxy) is 2. The summed E-state index contributed by atoms with van der Waals surface area (Å²) in [6, 6.07) is 7.54. The van der Waals surface area contributed by atoms with Gasteiger partial charge in [0, 0.05) is 25.3 Å². The van der Waals surface area contributed by atoms with E-state index < -0.39 is 0 Å². The summed E-state index contributed by atoms with van der Waals surface area (Å²) in [5.74, 6) is 0.538. The first-order valence-electron chi connectivity index (χ1n) is 10.5. The lowest BCUT2D eigenvalue weighted by molar-refractivity contribution is 0.0495. The minimum absolute atomic E-state index is 0.176. The molecule has 0 spiro atoms. The smallest absolute Gasteiger partial charge is 0.350 e. The molecule has 7 nitrogen and oxygen atoms in total. The van der Waals surface area contributed by atoms with E-state index in [2.05, 4.69) is 29.8 Å². The first-order chi connectivity index (χ1) is 14.8. The van der Waals surface area contributed by atoms with Crippen molar-refractivity contribution in [2.24, 2.45) is 5.92 Å². The number of nitriles is 1. The van der Waals surface area contributed by atoms with Crippen LogP contribution in [0.4, 0.5) is 0 Å². The summed E-state index contributed by atoms with van der Waals surface area (Å²) >= 11 is 1.27. The number of carbonyl (C=O) groups is 1. The lowest BCUT2D eigenvalue weighted by atomic mass is 10.1. The minimum atomic E-state index is -0.378. The van der Waals surface area contributed by atoms with Gasteiger partial charge in [-0.3, -0.25) is 0 Å². The zero-order chi connectivity index (χ0) is 22.8. The molecule has 1 N–H and O–H groups in total. The van der Waals surface area contributed by atoms with Gasteiger partial charge >= 0.3 is 5.97 Å². The topological polar surface area (TPSA) is 95.7 Å². The van der Waals surface area contributed by atoms with Crippen LogP contribution in [-0.2, 0) is 4.74 Å². The lowest BCUT2D eigenvalue weighted by Gasteiger charge is -2.15. The molecule has 2 aromatic rings. The zero-order valence-electron chi connectivity index (χ0n) is 18.7. The standard InChI is InChI=1S/C23H31N3O4S/c1-16(2)15-30-20-8-7-18(13-19(20)14-24)22-25-17(3)21(31-22)23(28)29-12-6-10-26(4)9-5-11-27/h7-8,13,16,27H,5-6,9-12,15H2,1-4H3. The quantitative estimate of drug-likeness (QED) is 0.391. The highest BCUT2D eigenvalue weighted by molar-refractivity contribution is 7.17. The number of benzene rings is 1. The van der Waals surface area contributed by atoms with Crippen LogP contribution in [0.25, 0.3) is 10.6 Å². The number of hydrogen-bond acceptors (Lipinski definition) is 8. The van der Waals surface area contributed by atoms with E-state index in [4.69, 9.17) is 14.6 Å². The van der Waals surface area contributed by atoms with E-state index in [1.165, 1.54) is 11.3 Å². The van der Waals surface area contributed by atoms with Crippen LogP contribution in [0.2, 0.25) is 0 Å². The Morgan fingerprint density at radius 3 is 2.74 bits per heavy atom. The van der Waals surface area contributed by atoms with Crippen LogP contribution in [0.5, 0.6) is 5.75 Å². The third kappa shape index (κ3) is 7.62. The minimum Gasteiger partial charge on any atom is -0.492 e. The predicted octanol–water partition coefficient (Wildman–Crippen LogP) is 3.89. The molecule has 168 valence electrons. The Hall–Kier alpha value is -2.47. The molecule has 0 saturated heterocycles. The van der Waals surface area contributed by atoms with Crippen LogP contribution in [0.15, 0.2) is 18.2 Å². The Bertz CT molecular complexity index is 905. The second-order valence-electron chi connectivity index (χ2n) is 7.83. The fraction of sp³-hybridized carbons (Fsp3) is 0.522. The van der Waals surface area contributed by atoms with E-state index in [9.17, 15) is 10.1 Å². The third-order valence-electron chi connectivity index (χ3n) is 4.52. The van der Waals surface area contributed by atoms with Crippen LogP contribution in [0, 0.1) is 24.2 Å². The van der Waals surface area contributed by atoms with Gasteiger partial charge in [0.05, 0.1) is 24.5 Å². The van der Waals surface area contributed by atoms with Gasteiger partial charge in [-0.15, -0.1) is 11.3 Å². The van der Waals surface area contributed by atoms with Gasteiger partial charge < -0.3 is 19.5 Å². The maximum atomic E-state index is 12.5. The van der Waals surface area contributed by atoms with Gasteiger partial charge in [0.1, 0.15) is 21.7 Å². The summed E-state index contributed by atoms with van der Waals surface area (Å²) in [6.07, 6.45) is 1.46. The van der Waals surface area contributed by atoms with E-state index in [1.54, 1.807) is 19.1 Å². The molecule has 0 amide bonds. The molecule has 2 rings (SSSR count). The number of aromatic nitrogens is 1. The van der Waals surface area contributed by atoms with Crippen LogP contribution >= 0.6 is 11.3 Å². The largest absolute Gasteiger partial charge is 0.492 e. The summed E-state index contributed by atoms with van der Waals surface area (Å²) in [7, 11) is 1.98. The molecule has 0 bridgehead atoms. The second-order valence-corrected chi connectivity index (χ2v) is 8.83. The number of carbonyl (C=O) groups excluding carboxylic acids is 1. The number of aliphatic hydroxyl groups is 1. The van der Waals surface area contributed by atoms with Crippen molar-refractivity contribution in [3.63, 3.8) is 0 Å². The average Bonchev–Trinajstić information content (AvgIpc) is 3.15. The maximum Gasteiger partial charge on any atom is 0.350 e. The Balaban J connectivity index is 2.00. The molecule has 0 aliphatic rings. The van der Waals surface area contributed by atoms with Gasteiger partial charge in [-0.05, 0) is 50.9 Å². The van der Waals surface area contributed by atoms with E-state index in [1.807, 2.05) is 13.1 Å². The third-order valence-corrected chi connectivity index (χ3v) is 5.70. The second kappa shape index (κ2) is 12.4. The van der Waals surface area contributed by atoms with Gasteiger partial charge in [0.25, 0.3) is 0 Å². The number of hydrogen-bond donors (Lipinski definition) is 1. The molecule has 31 heavy (non-hydrogen) atoms. The SMILES string of the molecule is Cc1nc(-c2ccc(OCC(C)C)c(C#N)c2)sc1C(=O)OCCCN(C)CCCO.